The van der Waals surface area contributed by atoms with Gasteiger partial charge in [0.15, 0.2) is 0 Å². The lowest BCUT2D eigenvalue weighted by Gasteiger charge is -1.99. The lowest BCUT2D eigenvalue weighted by atomic mass is 10.1. The molecule has 88 valence electrons. The topological polar surface area (TPSA) is 55.2 Å². The Morgan fingerprint density at radius 3 is 2.88 bits per heavy atom. The Morgan fingerprint density at radius 2 is 2.18 bits per heavy atom. The summed E-state index contributed by atoms with van der Waals surface area (Å²) in [5, 5.41) is 16.0. The van der Waals surface area contributed by atoms with E-state index in [1.807, 2.05) is 24.6 Å². The van der Waals surface area contributed by atoms with Gasteiger partial charge >= 0.3 is 0 Å². The summed E-state index contributed by atoms with van der Waals surface area (Å²) >= 11 is 1.53. The summed E-state index contributed by atoms with van der Waals surface area (Å²) in [4.78, 5) is 11.5. The maximum absolute atomic E-state index is 10.9. The highest BCUT2D eigenvalue weighted by atomic mass is 32.1. The first-order valence-electron chi connectivity index (χ1n) is 5.18. The lowest BCUT2D eigenvalue weighted by Crippen LogP contribution is -2.03. The Hall–Kier alpha value is -1.72. The molecule has 1 aromatic heterocycles. The molecule has 0 aliphatic heterocycles. The van der Waals surface area contributed by atoms with E-state index < -0.39 is 0 Å². The monoisotopic (exact) mass is 248 g/mol. The molecule has 0 unspecified atom stereocenters. The van der Waals surface area contributed by atoms with Crippen LogP contribution in [0.1, 0.15) is 5.56 Å². The number of benzene rings is 1. The van der Waals surface area contributed by atoms with Crippen molar-refractivity contribution >= 4 is 17.0 Å². The molecule has 5 heteroatoms. The summed E-state index contributed by atoms with van der Waals surface area (Å²) in [6.07, 6.45) is 0. The molecule has 0 aliphatic carbocycles. The molecule has 2 aromatic rings. The molecule has 4 nitrogen and oxygen atoms in total. The standard InChI is InChI=1S/C12H12N2O2S/c1-13-7-9-6-12(17-8-9)10-4-2-3-5-11(10)14(15)16/h2-6,8,13H,7H2,1H3. The fourth-order valence-electron chi connectivity index (χ4n) is 1.65. The highest BCUT2D eigenvalue weighted by Gasteiger charge is 2.15. The van der Waals surface area contributed by atoms with Crippen LogP contribution in [0.15, 0.2) is 35.7 Å². The second-order valence-corrected chi connectivity index (χ2v) is 4.54. The van der Waals surface area contributed by atoms with Gasteiger partial charge in [-0.3, -0.25) is 10.1 Å². The summed E-state index contributed by atoms with van der Waals surface area (Å²) in [6, 6.07) is 8.81. The smallest absolute Gasteiger partial charge is 0.278 e. The van der Waals surface area contributed by atoms with Gasteiger partial charge in [-0.25, -0.2) is 0 Å². The van der Waals surface area contributed by atoms with Gasteiger partial charge < -0.3 is 5.32 Å². The minimum atomic E-state index is -0.340. The van der Waals surface area contributed by atoms with Gasteiger partial charge in [0, 0.05) is 17.5 Å². The molecule has 0 saturated heterocycles. The third-order valence-corrected chi connectivity index (χ3v) is 3.41. The van der Waals surface area contributed by atoms with Gasteiger partial charge in [0.25, 0.3) is 5.69 Å². The van der Waals surface area contributed by atoms with Crippen LogP contribution in [0.3, 0.4) is 0 Å². The molecule has 0 radical (unpaired) electrons. The molecule has 1 heterocycles. The van der Waals surface area contributed by atoms with Crippen molar-refractivity contribution in [2.24, 2.45) is 0 Å². The van der Waals surface area contributed by atoms with E-state index in [1.165, 1.54) is 17.4 Å². The Bertz CT molecular complexity index is 537. The van der Waals surface area contributed by atoms with E-state index in [-0.39, 0.29) is 10.6 Å². The summed E-state index contributed by atoms with van der Waals surface area (Å²) in [7, 11) is 1.88. The van der Waals surface area contributed by atoms with E-state index in [9.17, 15) is 10.1 Å². The molecular formula is C12H12N2O2S. The average molecular weight is 248 g/mol. The first kappa shape index (κ1) is 11.8. The summed E-state index contributed by atoms with van der Waals surface area (Å²) in [6.45, 7) is 0.775. The van der Waals surface area contributed by atoms with Crippen LogP contribution in [-0.2, 0) is 6.54 Å². The largest absolute Gasteiger partial charge is 0.316 e. The van der Waals surface area contributed by atoms with Crippen molar-refractivity contribution in [3.8, 4) is 10.4 Å². The van der Waals surface area contributed by atoms with Crippen molar-refractivity contribution in [2.45, 2.75) is 6.54 Å². The average Bonchev–Trinajstić information content (AvgIpc) is 2.78. The van der Waals surface area contributed by atoms with Crippen LogP contribution >= 0.6 is 11.3 Å². The normalized spacial score (nSPS) is 10.4. The van der Waals surface area contributed by atoms with Crippen molar-refractivity contribution in [3.63, 3.8) is 0 Å². The Kier molecular flexibility index (Phi) is 3.51. The zero-order chi connectivity index (χ0) is 12.3. The Labute approximate surface area is 103 Å². The zero-order valence-corrected chi connectivity index (χ0v) is 10.2. The molecule has 0 atom stereocenters. The van der Waals surface area contributed by atoms with Gasteiger partial charge in [0.2, 0.25) is 0 Å². The van der Waals surface area contributed by atoms with Crippen molar-refractivity contribution in [2.75, 3.05) is 7.05 Å². The first-order valence-corrected chi connectivity index (χ1v) is 6.06. The highest BCUT2D eigenvalue weighted by molar-refractivity contribution is 7.13. The third-order valence-electron chi connectivity index (χ3n) is 2.40. The van der Waals surface area contributed by atoms with Gasteiger partial charge in [0.05, 0.1) is 10.5 Å². The van der Waals surface area contributed by atoms with Crippen molar-refractivity contribution in [3.05, 3.63) is 51.4 Å². The van der Waals surface area contributed by atoms with E-state index in [1.54, 1.807) is 12.1 Å². The van der Waals surface area contributed by atoms with Crippen LogP contribution in [0.5, 0.6) is 0 Å². The molecule has 2 rings (SSSR count). The van der Waals surface area contributed by atoms with Crippen molar-refractivity contribution < 1.29 is 4.92 Å². The van der Waals surface area contributed by atoms with Crippen molar-refractivity contribution in [1.29, 1.82) is 0 Å². The molecule has 1 aromatic carbocycles. The van der Waals surface area contributed by atoms with Gasteiger partial charge in [-0.1, -0.05) is 12.1 Å². The Morgan fingerprint density at radius 1 is 1.41 bits per heavy atom. The summed E-state index contributed by atoms with van der Waals surface area (Å²) in [5.41, 5.74) is 1.99. The van der Waals surface area contributed by atoms with E-state index in [0.717, 1.165) is 17.0 Å². The van der Waals surface area contributed by atoms with Crippen LogP contribution in [0.4, 0.5) is 5.69 Å². The number of nitro groups is 1. The predicted molar refractivity (Wildman–Crippen MR) is 69.2 cm³/mol. The quantitative estimate of drug-likeness (QED) is 0.668. The van der Waals surface area contributed by atoms with E-state index >= 15 is 0 Å². The maximum atomic E-state index is 10.9. The minimum Gasteiger partial charge on any atom is -0.316 e. The second kappa shape index (κ2) is 5.07. The van der Waals surface area contributed by atoms with Crippen LogP contribution in [0, 0.1) is 10.1 Å². The van der Waals surface area contributed by atoms with E-state index in [4.69, 9.17) is 0 Å². The molecule has 0 fully saturated rings. The number of nitrogens with one attached hydrogen (secondary N) is 1. The van der Waals surface area contributed by atoms with Crippen molar-refractivity contribution in [1.82, 2.24) is 5.32 Å². The fourth-order valence-corrected chi connectivity index (χ4v) is 2.60. The number of rotatable bonds is 4. The summed E-state index contributed by atoms with van der Waals surface area (Å²) in [5.74, 6) is 0. The van der Waals surface area contributed by atoms with E-state index in [2.05, 4.69) is 5.32 Å². The number of thiophene rings is 1. The molecule has 0 saturated carbocycles. The fraction of sp³-hybridized carbons (Fsp3) is 0.167. The Balaban J connectivity index is 2.41. The predicted octanol–water partition coefficient (Wildman–Crippen LogP) is 3.04. The molecule has 17 heavy (non-hydrogen) atoms. The molecule has 1 N–H and O–H groups in total. The number of nitro benzene ring substituents is 1. The van der Waals surface area contributed by atoms with Gasteiger partial charge in [0.1, 0.15) is 0 Å². The molecule has 0 bridgehead atoms. The zero-order valence-electron chi connectivity index (χ0n) is 9.34. The van der Waals surface area contributed by atoms with Crippen LogP contribution in [0.2, 0.25) is 0 Å². The number of para-hydroxylation sites is 1. The molecule has 0 amide bonds. The van der Waals surface area contributed by atoms with Gasteiger partial charge in [-0.2, -0.15) is 0 Å². The second-order valence-electron chi connectivity index (χ2n) is 3.62. The lowest BCUT2D eigenvalue weighted by molar-refractivity contribution is -0.384. The minimum absolute atomic E-state index is 0.158. The third kappa shape index (κ3) is 2.51. The van der Waals surface area contributed by atoms with E-state index in [0.29, 0.717) is 5.56 Å². The van der Waals surface area contributed by atoms with Crippen LogP contribution in [0.25, 0.3) is 10.4 Å². The summed E-state index contributed by atoms with van der Waals surface area (Å²) < 4.78 is 0. The molecular weight excluding hydrogens is 236 g/mol. The molecule has 0 spiro atoms. The highest BCUT2D eigenvalue weighted by Crippen LogP contribution is 2.33. The maximum Gasteiger partial charge on any atom is 0.278 e. The number of hydrogen-bond acceptors (Lipinski definition) is 4. The van der Waals surface area contributed by atoms with Gasteiger partial charge in [-0.05, 0) is 30.1 Å². The van der Waals surface area contributed by atoms with Gasteiger partial charge in [-0.15, -0.1) is 11.3 Å². The van der Waals surface area contributed by atoms with Crippen LogP contribution in [-0.4, -0.2) is 12.0 Å². The first-order chi connectivity index (χ1) is 8.22. The van der Waals surface area contributed by atoms with Crippen LogP contribution < -0.4 is 5.32 Å². The molecule has 0 aliphatic rings. The number of nitrogens with zero attached hydrogens (tertiary/aromatic N) is 1. The SMILES string of the molecule is CNCc1csc(-c2ccccc2[N+](=O)[O-])c1. The number of hydrogen-bond donors (Lipinski definition) is 1.